The van der Waals surface area contributed by atoms with Gasteiger partial charge in [-0.15, -0.1) is 0 Å². The predicted octanol–water partition coefficient (Wildman–Crippen LogP) is 5.09. The van der Waals surface area contributed by atoms with Gasteiger partial charge in [0.1, 0.15) is 0 Å². The van der Waals surface area contributed by atoms with Gasteiger partial charge in [0.15, 0.2) is 0 Å². The molecule has 0 spiro atoms. The molecule has 1 fully saturated rings. The van der Waals surface area contributed by atoms with E-state index in [2.05, 4.69) is 19.1 Å². The maximum Gasteiger partial charge on any atom is -0.0234 e. The molecule has 1 saturated carbocycles. The third-order valence-corrected chi connectivity index (χ3v) is 3.28. The molecule has 14 heavy (non-hydrogen) atoms. The summed E-state index contributed by atoms with van der Waals surface area (Å²) in [5.74, 6) is 0.926. The molecule has 1 aliphatic carbocycles. The van der Waals surface area contributed by atoms with Gasteiger partial charge in [-0.05, 0) is 31.6 Å². The van der Waals surface area contributed by atoms with Crippen molar-refractivity contribution in [2.24, 2.45) is 5.92 Å². The summed E-state index contributed by atoms with van der Waals surface area (Å²) in [6.45, 7) is 2.28. The van der Waals surface area contributed by atoms with Crippen molar-refractivity contribution in [3.05, 3.63) is 12.2 Å². The minimum Gasteiger partial charge on any atom is -0.0883 e. The highest BCUT2D eigenvalue weighted by molar-refractivity contribution is 4.89. The zero-order chi connectivity index (χ0) is 10.1. The molecule has 0 heterocycles. The molecule has 0 radical (unpaired) electrons. The Balaban J connectivity index is 1.96. The first kappa shape index (κ1) is 11.8. The van der Waals surface area contributed by atoms with Crippen LogP contribution in [0.4, 0.5) is 0 Å². The Morgan fingerprint density at radius 1 is 1.00 bits per heavy atom. The van der Waals surface area contributed by atoms with Crippen LogP contribution in [0.2, 0.25) is 0 Å². The SMILES string of the molecule is CCCCCC/C=C\C1CCCCC1. The zero-order valence-corrected chi connectivity index (χ0v) is 9.80. The summed E-state index contributed by atoms with van der Waals surface area (Å²) in [6, 6.07) is 0. The highest BCUT2D eigenvalue weighted by Crippen LogP contribution is 2.24. The second-order valence-corrected chi connectivity index (χ2v) is 4.68. The van der Waals surface area contributed by atoms with E-state index >= 15 is 0 Å². The van der Waals surface area contributed by atoms with Crippen molar-refractivity contribution in [1.82, 2.24) is 0 Å². The molecule has 0 aromatic carbocycles. The molecule has 0 N–H and O–H groups in total. The fourth-order valence-electron chi connectivity index (χ4n) is 2.30. The molecule has 0 aliphatic heterocycles. The fraction of sp³-hybridized carbons (Fsp3) is 0.857. The molecule has 82 valence electrons. The highest BCUT2D eigenvalue weighted by Gasteiger charge is 2.08. The van der Waals surface area contributed by atoms with E-state index in [0.29, 0.717) is 0 Å². The van der Waals surface area contributed by atoms with Crippen LogP contribution in [0.5, 0.6) is 0 Å². The Bertz CT molecular complexity index is 140. The topological polar surface area (TPSA) is 0 Å². The first-order valence-corrected chi connectivity index (χ1v) is 6.60. The fourth-order valence-corrected chi connectivity index (χ4v) is 2.30. The lowest BCUT2D eigenvalue weighted by Crippen LogP contribution is -2.02. The Hall–Kier alpha value is -0.260. The van der Waals surface area contributed by atoms with E-state index in [1.807, 2.05) is 0 Å². The molecule has 0 aromatic heterocycles. The third kappa shape index (κ3) is 5.47. The summed E-state index contributed by atoms with van der Waals surface area (Å²) < 4.78 is 0. The van der Waals surface area contributed by atoms with E-state index in [4.69, 9.17) is 0 Å². The quantitative estimate of drug-likeness (QED) is 0.408. The Kier molecular flexibility index (Phi) is 6.82. The van der Waals surface area contributed by atoms with Crippen molar-refractivity contribution >= 4 is 0 Å². The molecule has 0 saturated heterocycles. The smallest absolute Gasteiger partial charge is 0.0234 e. The van der Waals surface area contributed by atoms with E-state index in [1.165, 1.54) is 64.2 Å². The van der Waals surface area contributed by atoms with E-state index in [1.54, 1.807) is 0 Å². The van der Waals surface area contributed by atoms with Gasteiger partial charge in [-0.1, -0.05) is 57.6 Å². The van der Waals surface area contributed by atoms with Crippen LogP contribution in [0.1, 0.15) is 71.1 Å². The van der Waals surface area contributed by atoms with Gasteiger partial charge in [-0.25, -0.2) is 0 Å². The molecule has 0 nitrogen and oxygen atoms in total. The Morgan fingerprint density at radius 2 is 1.79 bits per heavy atom. The molecule has 0 bridgehead atoms. The Labute approximate surface area is 89.8 Å². The van der Waals surface area contributed by atoms with Gasteiger partial charge in [0.25, 0.3) is 0 Å². The van der Waals surface area contributed by atoms with Crippen molar-refractivity contribution in [3.63, 3.8) is 0 Å². The minimum atomic E-state index is 0.926. The van der Waals surface area contributed by atoms with Crippen LogP contribution < -0.4 is 0 Å². The average molecular weight is 194 g/mol. The van der Waals surface area contributed by atoms with E-state index in [-0.39, 0.29) is 0 Å². The highest BCUT2D eigenvalue weighted by atomic mass is 14.1. The van der Waals surface area contributed by atoms with E-state index in [0.717, 1.165) is 5.92 Å². The first-order valence-electron chi connectivity index (χ1n) is 6.60. The van der Waals surface area contributed by atoms with Crippen LogP contribution in [0, 0.1) is 5.92 Å². The summed E-state index contributed by atoms with van der Waals surface area (Å²) in [6.07, 6.45) is 19.1. The standard InChI is InChI=1S/C14H26/c1-2-3-4-5-6-8-11-14-12-9-7-10-13-14/h8,11,14H,2-7,9-10,12-13H2,1H3/b11-8-. The van der Waals surface area contributed by atoms with Crippen LogP contribution in [-0.2, 0) is 0 Å². The van der Waals surface area contributed by atoms with Crippen LogP contribution in [0.25, 0.3) is 0 Å². The van der Waals surface area contributed by atoms with Gasteiger partial charge >= 0.3 is 0 Å². The normalized spacial score (nSPS) is 19.2. The van der Waals surface area contributed by atoms with Crippen molar-refractivity contribution in [2.75, 3.05) is 0 Å². The summed E-state index contributed by atoms with van der Waals surface area (Å²) in [7, 11) is 0. The summed E-state index contributed by atoms with van der Waals surface area (Å²) in [4.78, 5) is 0. The van der Waals surface area contributed by atoms with Crippen LogP contribution in [-0.4, -0.2) is 0 Å². The number of allylic oxidation sites excluding steroid dienone is 2. The lowest BCUT2D eigenvalue weighted by atomic mass is 9.89. The van der Waals surface area contributed by atoms with Gasteiger partial charge in [0, 0.05) is 0 Å². The molecule has 1 aliphatic rings. The third-order valence-electron chi connectivity index (χ3n) is 3.28. The van der Waals surface area contributed by atoms with Gasteiger partial charge in [-0.2, -0.15) is 0 Å². The van der Waals surface area contributed by atoms with Crippen molar-refractivity contribution in [1.29, 1.82) is 0 Å². The van der Waals surface area contributed by atoms with Gasteiger partial charge in [0.05, 0.1) is 0 Å². The predicted molar refractivity (Wildman–Crippen MR) is 64.5 cm³/mol. The van der Waals surface area contributed by atoms with E-state index < -0.39 is 0 Å². The first-order chi connectivity index (χ1) is 6.93. The molecule has 0 heteroatoms. The molecular formula is C14H26. The lowest BCUT2D eigenvalue weighted by molar-refractivity contribution is 0.418. The lowest BCUT2D eigenvalue weighted by Gasteiger charge is -2.17. The molecule has 0 aromatic rings. The monoisotopic (exact) mass is 194 g/mol. The van der Waals surface area contributed by atoms with Crippen LogP contribution >= 0.6 is 0 Å². The molecule has 0 atom stereocenters. The number of rotatable bonds is 6. The van der Waals surface area contributed by atoms with Crippen molar-refractivity contribution in [2.45, 2.75) is 71.1 Å². The Morgan fingerprint density at radius 3 is 2.50 bits per heavy atom. The second-order valence-electron chi connectivity index (χ2n) is 4.68. The van der Waals surface area contributed by atoms with Crippen LogP contribution in [0.3, 0.4) is 0 Å². The minimum absolute atomic E-state index is 0.926. The maximum atomic E-state index is 2.49. The van der Waals surface area contributed by atoms with E-state index in [9.17, 15) is 0 Å². The largest absolute Gasteiger partial charge is 0.0883 e. The van der Waals surface area contributed by atoms with Gasteiger partial charge in [0.2, 0.25) is 0 Å². The number of unbranched alkanes of at least 4 members (excludes halogenated alkanes) is 4. The summed E-state index contributed by atoms with van der Waals surface area (Å²) in [5.41, 5.74) is 0. The van der Waals surface area contributed by atoms with Crippen molar-refractivity contribution in [3.8, 4) is 0 Å². The molecule has 1 rings (SSSR count). The summed E-state index contributed by atoms with van der Waals surface area (Å²) >= 11 is 0. The zero-order valence-electron chi connectivity index (χ0n) is 9.80. The van der Waals surface area contributed by atoms with Gasteiger partial charge < -0.3 is 0 Å². The molecular weight excluding hydrogens is 168 g/mol. The second kappa shape index (κ2) is 8.08. The molecule has 0 unspecified atom stereocenters. The molecule has 0 amide bonds. The van der Waals surface area contributed by atoms with Crippen molar-refractivity contribution < 1.29 is 0 Å². The summed E-state index contributed by atoms with van der Waals surface area (Å²) in [5, 5.41) is 0. The van der Waals surface area contributed by atoms with Crippen LogP contribution in [0.15, 0.2) is 12.2 Å². The number of hydrogen-bond donors (Lipinski definition) is 0. The van der Waals surface area contributed by atoms with Gasteiger partial charge in [-0.3, -0.25) is 0 Å². The average Bonchev–Trinajstić information content (AvgIpc) is 2.25. The maximum absolute atomic E-state index is 2.49. The number of hydrogen-bond acceptors (Lipinski definition) is 0.